The van der Waals surface area contributed by atoms with Gasteiger partial charge in [-0.05, 0) is 32.2 Å². The van der Waals surface area contributed by atoms with Gasteiger partial charge in [-0.2, -0.15) is 13.2 Å². The molecule has 3 atom stereocenters. The van der Waals surface area contributed by atoms with Crippen molar-refractivity contribution >= 4 is 0 Å². The molecule has 2 aliphatic heterocycles. The Hall–Kier alpha value is -0.330. The average Bonchev–Trinajstić information content (AvgIpc) is 2.83. The topological polar surface area (TPSA) is 24.5 Å². The predicted molar refractivity (Wildman–Crippen MR) is 76.3 cm³/mol. The molecule has 124 valence electrons. The molecule has 0 spiro atoms. The van der Waals surface area contributed by atoms with Crippen molar-refractivity contribution in [3.8, 4) is 0 Å². The van der Waals surface area contributed by atoms with Crippen LogP contribution in [0.5, 0.6) is 0 Å². The number of alkyl halides is 3. The van der Waals surface area contributed by atoms with Crippen LogP contribution in [0.4, 0.5) is 13.2 Å². The highest BCUT2D eigenvalue weighted by Gasteiger charge is 2.42. The number of halogens is 3. The molecule has 21 heavy (non-hydrogen) atoms. The largest absolute Gasteiger partial charge is 0.393 e. The van der Waals surface area contributed by atoms with Crippen LogP contribution in [0.15, 0.2) is 0 Å². The quantitative estimate of drug-likeness (QED) is 0.845. The number of likely N-dealkylation sites (tertiary alicyclic amines) is 1. The third-order valence-electron chi connectivity index (χ3n) is 4.38. The summed E-state index contributed by atoms with van der Waals surface area (Å²) in [6.07, 6.45) is -0.893. The molecule has 2 heterocycles. The summed E-state index contributed by atoms with van der Waals surface area (Å²) in [5, 5.41) is 3.35. The fourth-order valence-electron chi connectivity index (χ4n) is 3.21. The lowest BCUT2D eigenvalue weighted by atomic mass is 9.97. The van der Waals surface area contributed by atoms with E-state index in [2.05, 4.69) is 19.2 Å². The van der Waals surface area contributed by atoms with E-state index in [1.807, 2.05) is 4.90 Å². The smallest absolute Gasteiger partial charge is 0.372 e. The van der Waals surface area contributed by atoms with Gasteiger partial charge in [-0.15, -0.1) is 0 Å². The van der Waals surface area contributed by atoms with Crippen molar-refractivity contribution in [1.82, 2.24) is 10.2 Å². The van der Waals surface area contributed by atoms with E-state index in [4.69, 9.17) is 4.74 Å². The third kappa shape index (κ3) is 5.42. The highest BCUT2D eigenvalue weighted by atomic mass is 19.4. The van der Waals surface area contributed by atoms with Crippen molar-refractivity contribution < 1.29 is 17.9 Å². The van der Waals surface area contributed by atoms with Gasteiger partial charge < -0.3 is 15.0 Å². The van der Waals surface area contributed by atoms with Crippen LogP contribution in [0.3, 0.4) is 0 Å². The Balaban J connectivity index is 1.73. The molecule has 0 amide bonds. The summed E-state index contributed by atoms with van der Waals surface area (Å²) >= 11 is 0. The molecule has 0 aromatic carbocycles. The maximum Gasteiger partial charge on any atom is 0.393 e. The Kier molecular flexibility index (Phi) is 5.91. The van der Waals surface area contributed by atoms with Gasteiger partial charge in [0.15, 0.2) is 0 Å². The van der Waals surface area contributed by atoms with E-state index in [1.54, 1.807) is 0 Å². The zero-order valence-electron chi connectivity index (χ0n) is 13.0. The Labute approximate surface area is 125 Å². The summed E-state index contributed by atoms with van der Waals surface area (Å²) < 4.78 is 44.4. The van der Waals surface area contributed by atoms with Crippen LogP contribution in [0, 0.1) is 5.92 Å². The SMILES string of the molecule is CC(C)NCC1CCC(CN2CCCC(C(F)(F)F)C2)O1. The fraction of sp³-hybridized carbons (Fsp3) is 1.00. The molecule has 0 saturated carbocycles. The molecule has 2 rings (SSSR count). The van der Waals surface area contributed by atoms with Crippen molar-refractivity contribution in [1.29, 1.82) is 0 Å². The second-order valence-electron chi connectivity index (χ2n) is 6.66. The second kappa shape index (κ2) is 7.29. The first-order chi connectivity index (χ1) is 9.84. The normalized spacial score (nSPS) is 32.0. The molecule has 0 aromatic rings. The minimum atomic E-state index is -4.06. The van der Waals surface area contributed by atoms with Gasteiger partial charge >= 0.3 is 6.18 Å². The van der Waals surface area contributed by atoms with Crippen LogP contribution < -0.4 is 5.32 Å². The lowest BCUT2D eigenvalue weighted by Gasteiger charge is -2.35. The minimum absolute atomic E-state index is 0.0935. The first-order valence-corrected chi connectivity index (χ1v) is 8.02. The molecule has 2 fully saturated rings. The molecule has 3 nitrogen and oxygen atoms in total. The van der Waals surface area contributed by atoms with Gasteiger partial charge in [0.2, 0.25) is 0 Å². The van der Waals surface area contributed by atoms with Gasteiger partial charge in [-0.3, -0.25) is 0 Å². The number of rotatable bonds is 5. The molecule has 0 aliphatic carbocycles. The lowest BCUT2D eigenvalue weighted by Crippen LogP contribution is -2.44. The van der Waals surface area contributed by atoms with E-state index in [-0.39, 0.29) is 25.2 Å². The summed E-state index contributed by atoms with van der Waals surface area (Å²) in [6, 6.07) is 0.433. The van der Waals surface area contributed by atoms with Gasteiger partial charge in [0.05, 0.1) is 18.1 Å². The van der Waals surface area contributed by atoms with Gasteiger partial charge in [-0.25, -0.2) is 0 Å². The molecular formula is C15H27F3N2O. The van der Waals surface area contributed by atoms with Crippen molar-refractivity contribution in [2.24, 2.45) is 5.92 Å². The van der Waals surface area contributed by atoms with Crippen molar-refractivity contribution in [3.63, 3.8) is 0 Å². The van der Waals surface area contributed by atoms with Crippen LogP contribution in [-0.4, -0.2) is 55.5 Å². The second-order valence-corrected chi connectivity index (χ2v) is 6.66. The average molecular weight is 308 g/mol. The summed E-state index contributed by atoms with van der Waals surface area (Å²) in [5.41, 5.74) is 0. The van der Waals surface area contributed by atoms with E-state index in [1.165, 1.54) is 0 Å². The van der Waals surface area contributed by atoms with Crippen LogP contribution in [0.1, 0.15) is 39.5 Å². The van der Waals surface area contributed by atoms with Crippen molar-refractivity contribution in [2.75, 3.05) is 26.2 Å². The molecule has 0 aromatic heterocycles. The van der Waals surface area contributed by atoms with Gasteiger partial charge in [0.1, 0.15) is 0 Å². The molecule has 0 bridgehead atoms. The van der Waals surface area contributed by atoms with E-state index >= 15 is 0 Å². The molecule has 2 aliphatic rings. The molecular weight excluding hydrogens is 281 g/mol. The Morgan fingerprint density at radius 3 is 2.57 bits per heavy atom. The van der Waals surface area contributed by atoms with E-state index in [0.717, 1.165) is 25.9 Å². The number of nitrogens with one attached hydrogen (secondary N) is 1. The number of piperidine rings is 1. The number of nitrogens with zero attached hydrogens (tertiary/aromatic N) is 1. The minimum Gasteiger partial charge on any atom is -0.372 e. The Bertz CT molecular complexity index is 323. The highest BCUT2D eigenvalue weighted by molar-refractivity contribution is 4.83. The molecule has 3 unspecified atom stereocenters. The Morgan fingerprint density at radius 2 is 1.90 bits per heavy atom. The lowest BCUT2D eigenvalue weighted by molar-refractivity contribution is -0.187. The third-order valence-corrected chi connectivity index (χ3v) is 4.38. The van der Waals surface area contributed by atoms with Crippen LogP contribution in [0.2, 0.25) is 0 Å². The van der Waals surface area contributed by atoms with E-state index < -0.39 is 12.1 Å². The monoisotopic (exact) mass is 308 g/mol. The standard InChI is InChI=1S/C15H27F3N2O/c1-11(2)19-8-13-5-6-14(21-13)10-20-7-3-4-12(9-20)15(16,17)18/h11-14,19H,3-10H2,1-2H3. The number of ether oxygens (including phenoxy) is 1. The number of hydrogen-bond acceptors (Lipinski definition) is 3. The molecule has 0 radical (unpaired) electrons. The van der Waals surface area contributed by atoms with Crippen molar-refractivity contribution in [2.45, 2.75) is 64.0 Å². The maximum atomic E-state index is 12.8. The molecule has 2 saturated heterocycles. The first-order valence-electron chi connectivity index (χ1n) is 8.02. The molecule has 6 heteroatoms. The highest BCUT2D eigenvalue weighted by Crippen LogP contribution is 2.33. The zero-order valence-corrected chi connectivity index (χ0v) is 13.0. The molecule has 1 N–H and O–H groups in total. The Morgan fingerprint density at radius 1 is 1.19 bits per heavy atom. The van der Waals surface area contributed by atoms with E-state index in [0.29, 0.717) is 19.0 Å². The summed E-state index contributed by atoms with van der Waals surface area (Å²) in [7, 11) is 0. The van der Waals surface area contributed by atoms with Gasteiger partial charge in [-0.1, -0.05) is 13.8 Å². The van der Waals surface area contributed by atoms with Gasteiger partial charge in [0, 0.05) is 25.7 Å². The van der Waals surface area contributed by atoms with Gasteiger partial charge in [0.25, 0.3) is 0 Å². The maximum absolute atomic E-state index is 12.8. The van der Waals surface area contributed by atoms with Crippen LogP contribution >= 0.6 is 0 Å². The zero-order chi connectivity index (χ0) is 15.5. The summed E-state index contributed by atoms with van der Waals surface area (Å²) in [5.74, 6) is -1.16. The predicted octanol–water partition coefficient (Wildman–Crippen LogP) is 2.81. The van der Waals surface area contributed by atoms with Crippen LogP contribution in [-0.2, 0) is 4.74 Å². The summed E-state index contributed by atoms with van der Waals surface area (Å²) in [6.45, 7) is 6.57. The van der Waals surface area contributed by atoms with E-state index in [9.17, 15) is 13.2 Å². The first kappa shape index (κ1) is 17.0. The van der Waals surface area contributed by atoms with Crippen LogP contribution in [0.25, 0.3) is 0 Å². The van der Waals surface area contributed by atoms with Crippen molar-refractivity contribution in [3.05, 3.63) is 0 Å². The summed E-state index contributed by atoms with van der Waals surface area (Å²) in [4.78, 5) is 1.94. The fourth-order valence-corrected chi connectivity index (χ4v) is 3.21. The number of hydrogen-bond donors (Lipinski definition) is 1.